The number of aromatic nitrogens is 1. The molecule has 1 aliphatic rings. The topological polar surface area (TPSA) is 60.6 Å². The molecule has 3 rings (SSSR count). The summed E-state index contributed by atoms with van der Waals surface area (Å²) in [5.74, 6) is 1.82. The molecular weight excluding hydrogens is 254 g/mol. The van der Waals surface area contributed by atoms with Gasteiger partial charge in [-0.15, -0.1) is 0 Å². The molecule has 2 heterocycles. The Morgan fingerprint density at radius 1 is 1.40 bits per heavy atom. The number of ether oxygens (including phenoxy) is 2. The zero-order valence-electron chi connectivity index (χ0n) is 11.6. The van der Waals surface area contributed by atoms with Gasteiger partial charge in [0, 0.05) is 30.1 Å². The lowest BCUT2D eigenvalue weighted by Crippen LogP contribution is -2.49. The lowest BCUT2D eigenvalue weighted by atomic mass is 10.1. The number of fused-ring (bicyclic) bond motifs is 1. The van der Waals surface area contributed by atoms with Crippen molar-refractivity contribution in [1.29, 1.82) is 0 Å². The van der Waals surface area contributed by atoms with E-state index in [4.69, 9.17) is 15.2 Å². The fourth-order valence-corrected chi connectivity index (χ4v) is 2.70. The first-order valence-electron chi connectivity index (χ1n) is 6.81. The maximum Gasteiger partial charge on any atom is 0.136 e. The Labute approximate surface area is 118 Å². The first-order chi connectivity index (χ1) is 9.85. The van der Waals surface area contributed by atoms with Crippen molar-refractivity contribution in [3.05, 3.63) is 30.5 Å². The van der Waals surface area contributed by atoms with Crippen LogP contribution in [0.3, 0.4) is 0 Å². The fraction of sp³-hybridized carbons (Fsp3) is 0.400. The first-order valence-corrected chi connectivity index (χ1v) is 6.81. The van der Waals surface area contributed by atoms with Gasteiger partial charge in [-0.05, 0) is 12.1 Å². The van der Waals surface area contributed by atoms with Gasteiger partial charge in [-0.2, -0.15) is 0 Å². The van der Waals surface area contributed by atoms with Gasteiger partial charge in [0.05, 0.1) is 26.4 Å². The number of benzene rings is 1. The van der Waals surface area contributed by atoms with Gasteiger partial charge < -0.3 is 20.1 Å². The molecule has 2 aromatic rings. The zero-order chi connectivity index (χ0) is 13.9. The van der Waals surface area contributed by atoms with Crippen LogP contribution in [0.15, 0.2) is 30.5 Å². The zero-order valence-corrected chi connectivity index (χ0v) is 11.6. The van der Waals surface area contributed by atoms with Crippen molar-refractivity contribution in [1.82, 2.24) is 4.98 Å². The van der Waals surface area contributed by atoms with E-state index < -0.39 is 0 Å². The summed E-state index contributed by atoms with van der Waals surface area (Å²) in [6.07, 6.45) is 1.82. The molecule has 0 bridgehead atoms. The number of nitrogens with zero attached hydrogens (tertiary/aromatic N) is 2. The molecule has 5 heteroatoms. The first kappa shape index (κ1) is 13.1. The molecule has 20 heavy (non-hydrogen) atoms. The van der Waals surface area contributed by atoms with Crippen LogP contribution in [0.5, 0.6) is 5.75 Å². The molecule has 1 unspecified atom stereocenters. The van der Waals surface area contributed by atoms with Crippen LogP contribution in [0.4, 0.5) is 5.82 Å². The summed E-state index contributed by atoms with van der Waals surface area (Å²) in [7, 11) is 1.69. The second kappa shape index (κ2) is 5.64. The number of hydrogen-bond donors (Lipinski definition) is 1. The molecule has 1 aromatic carbocycles. The van der Waals surface area contributed by atoms with Crippen molar-refractivity contribution < 1.29 is 9.47 Å². The van der Waals surface area contributed by atoms with E-state index in [1.165, 1.54) is 0 Å². The van der Waals surface area contributed by atoms with E-state index in [9.17, 15) is 0 Å². The highest BCUT2D eigenvalue weighted by atomic mass is 16.5. The predicted octanol–water partition coefficient (Wildman–Crippen LogP) is 1.41. The smallest absolute Gasteiger partial charge is 0.136 e. The van der Waals surface area contributed by atoms with E-state index in [-0.39, 0.29) is 6.04 Å². The Morgan fingerprint density at radius 2 is 2.30 bits per heavy atom. The van der Waals surface area contributed by atoms with Gasteiger partial charge >= 0.3 is 0 Å². The van der Waals surface area contributed by atoms with Crippen molar-refractivity contribution in [3.8, 4) is 5.75 Å². The van der Waals surface area contributed by atoms with E-state index >= 15 is 0 Å². The number of methoxy groups -OCH3 is 1. The highest BCUT2D eigenvalue weighted by molar-refractivity contribution is 5.96. The number of anilines is 1. The highest BCUT2D eigenvalue weighted by Crippen LogP contribution is 2.32. The Balaban J connectivity index is 2.11. The van der Waals surface area contributed by atoms with Crippen LogP contribution < -0.4 is 15.4 Å². The second-order valence-electron chi connectivity index (χ2n) is 4.85. The molecule has 0 saturated carbocycles. The Bertz CT molecular complexity index is 603. The molecule has 1 aliphatic heterocycles. The number of pyridine rings is 1. The van der Waals surface area contributed by atoms with Crippen LogP contribution in [0.2, 0.25) is 0 Å². The number of morpholine rings is 1. The molecule has 2 N–H and O–H groups in total. The summed E-state index contributed by atoms with van der Waals surface area (Å²) >= 11 is 0. The molecule has 1 saturated heterocycles. The lowest BCUT2D eigenvalue weighted by molar-refractivity contribution is 0.0960. The van der Waals surface area contributed by atoms with E-state index in [2.05, 4.69) is 16.0 Å². The van der Waals surface area contributed by atoms with Gasteiger partial charge in [0.1, 0.15) is 11.6 Å². The van der Waals surface area contributed by atoms with Crippen LogP contribution in [0.25, 0.3) is 10.8 Å². The van der Waals surface area contributed by atoms with Crippen molar-refractivity contribution in [2.75, 3.05) is 38.3 Å². The highest BCUT2D eigenvalue weighted by Gasteiger charge is 2.24. The summed E-state index contributed by atoms with van der Waals surface area (Å²) in [6, 6.07) is 8.18. The molecule has 5 nitrogen and oxygen atoms in total. The van der Waals surface area contributed by atoms with Crippen molar-refractivity contribution in [2.24, 2.45) is 5.73 Å². The molecule has 1 aromatic heterocycles. The average molecular weight is 273 g/mol. The largest absolute Gasteiger partial charge is 0.496 e. The van der Waals surface area contributed by atoms with Gasteiger partial charge in [-0.3, -0.25) is 0 Å². The quantitative estimate of drug-likeness (QED) is 0.916. The molecular formula is C15H19N3O2. The van der Waals surface area contributed by atoms with E-state index in [0.717, 1.165) is 28.9 Å². The molecule has 106 valence electrons. The molecule has 0 aliphatic carbocycles. The van der Waals surface area contributed by atoms with E-state index in [1.54, 1.807) is 7.11 Å². The van der Waals surface area contributed by atoms with Gasteiger partial charge in [-0.1, -0.05) is 12.1 Å². The summed E-state index contributed by atoms with van der Waals surface area (Å²) in [5.41, 5.74) is 5.86. The van der Waals surface area contributed by atoms with Crippen LogP contribution in [0, 0.1) is 0 Å². The molecule has 0 radical (unpaired) electrons. The minimum Gasteiger partial charge on any atom is -0.496 e. The Morgan fingerprint density at radius 3 is 3.10 bits per heavy atom. The summed E-state index contributed by atoms with van der Waals surface area (Å²) in [6.45, 7) is 2.73. The maximum absolute atomic E-state index is 5.86. The predicted molar refractivity (Wildman–Crippen MR) is 79.3 cm³/mol. The van der Waals surface area contributed by atoms with Crippen LogP contribution >= 0.6 is 0 Å². The molecule has 0 amide bonds. The minimum atomic E-state index is 0.174. The van der Waals surface area contributed by atoms with E-state index in [0.29, 0.717) is 19.8 Å². The maximum atomic E-state index is 5.86. The number of nitrogens with two attached hydrogens (primary N) is 1. The van der Waals surface area contributed by atoms with E-state index in [1.807, 2.05) is 24.4 Å². The Hall–Kier alpha value is -1.85. The third-order valence-corrected chi connectivity index (χ3v) is 3.74. The Kier molecular flexibility index (Phi) is 3.71. The van der Waals surface area contributed by atoms with Crippen molar-refractivity contribution in [2.45, 2.75) is 6.04 Å². The standard InChI is InChI=1S/C15H19N3O2/c1-19-14-4-2-3-13-12(14)5-6-17-15(13)18-7-8-20-10-11(18)9-16/h2-6,11H,7-10,16H2,1H3. The van der Waals surface area contributed by atoms with Gasteiger partial charge in [0.2, 0.25) is 0 Å². The monoisotopic (exact) mass is 273 g/mol. The van der Waals surface area contributed by atoms with Gasteiger partial charge in [-0.25, -0.2) is 4.98 Å². The fourth-order valence-electron chi connectivity index (χ4n) is 2.70. The number of rotatable bonds is 3. The van der Waals surface area contributed by atoms with Gasteiger partial charge in [0.25, 0.3) is 0 Å². The van der Waals surface area contributed by atoms with Crippen molar-refractivity contribution in [3.63, 3.8) is 0 Å². The normalized spacial score (nSPS) is 19.3. The minimum absolute atomic E-state index is 0.174. The van der Waals surface area contributed by atoms with Crippen LogP contribution in [-0.2, 0) is 4.74 Å². The van der Waals surface area contributed by atoms with Gasteiger partial charge in [0.15, 0.2) is 0 Å². The SMILES string of the molecule is COc1cccc2c(N3CCOCC3CN)nccc12. The summed E-state index contributed by atoms with van der Waals surface area (Å²) in [5, 5.41) is 2.16. The summed E-state index contributed by atoms with van der Waals surface area (Å²) in [4.78, 5) is 6.80. The van der Waals surface area contributed by atoms with Crippen molar-refractivity contribution >= 4 is 16.6 Å². The second-order valence-corrected chi connectivity index (χ2v) is 4.85. The van der Waals surface area contributed by atoms with Crippen LogP contribution in [0.1, 0.15) is 0 Å². The third-order valence-electron chi connectivity index (χ3n) is 3.74. The number of hydrogen-bond acceptors (Lipinski definition) is 5. The lowest BCUT2D eigenvalue weighted by Gasteiger charge is -2.36. The summed E-state index contributed by atoms with van der Waals surface area (Å²) < 4.78 is 10.9. The molecule has 1 fully saturated rings. The van der Waals surface area contributed by atoms with Crippen LogP contribution in [-0.4, -0.2) is 44.4 Å². The average Bonchev–Trinajstić information content (AvgIpc) is 2.53. The third kappa shape index (κ3) is 2.19. The molecule has 1 atom stereocenters. The molecule has 0 spiro atoms.